The van der Waals surface area contributed by atoms with Crippen LogP contribution in [0.2, 0.25) is 0 Å². The first kappa shape index (κ1) is 10.3. The van der Waals surface area contributed by atoms with Gasteiger partial charge in [-0.15, -0.1) is 11.3 Å². The number of carbonyl (C=O) groups excluding carboxylic acids is 1. The van der Waals surface area contributed by atoms with Gasteiger partial charge in [-0.05, 0) is 18.5 Å². The van der Waals surface area contributed by atoms with Crippen LogP contribution in [0, 0.1) is 6.92 Å². The zero-order valence-corrected chi connectivity index (χ0v) is 9.60. The van der Waals surface area contributed by atoms with Gasteiger partial charge in [-0.1, -0.05) is 29.8 Å². The van der Waals surface area contributed by atoms with Crippen LogP contribution in [0.1, 0.15) is 15.2 Å². The molecule has 2 nitrogen and oxygen atoms in total. The van der Waals surface area contributed by atoms with Crippen molar-refractivity contribution >= 4 is 28.2 Å². The van der Waals surface area contributed by atoms with Crippen molar-refractivity contribution in [1.29, 1.82) is 0 Å². The number of thiazole rings is 1. The highest BCUT2D eigenvalue weighted by Crippen LogP contribution is 2.26. The van der Waals surface area contributed by atoms with Crippen LogP contribution in [0.5, 0.6) is 0 Å². The van der Waals surface area contributed by atoms with E-state index < -0.39 is 5.24 Å². The number of halogens is 1. The molecule has 1 aromatic carbocycles. The van der Waals surface area contributed by atoms with Crippen molar-refractivity contribution in [3.8, 4) is 10.6 Å². The molecule has 0 fully saturated rings. The van der Waals surface area contributed by atoms with Gasteiger partial charge in [0.2, 0.25) is 0 Å². The first-order valence-corrected chi connectivity index (χ1v) is 5.59. The van der Waals surface area contributed by atoms with E-state index in [1.807, 2.05) is 31.2 Å². The molecule has 0 aliphatic heterocycles. The third-order valence-corrected chi connectivity index (χ3v) is 3.36. The Morgan fingerprint density at radius 1 is 1.33 bits per heavy atom. The van der Waals surface area contributed by atoms with Crippen LogP contribution in [-0.2, 0) is 0 Å². The Bertz CT molecular complexity index is 490. The van der Waals surface area contributed by atoms with E-state index in [0.29, 0.717) is 4.88 Å². The molecule has 0 radical (unpaired) electrons. The number of hydrogen-bond acceptors (Lipinski definition) is 3. The summed E-state index contributed by atoms with van der Waals surface area (Å²) >= 11 is 6.67. The molecular weight excluding hydrogens is 230 g/mol. The zero-order valence-electron chi connectivity index (χ0n) is 8.03. The maximum absolute atomic E-state index is 10.9. The van der Waals surface area contributed by atoms with Crippen LogP contribution in [0.15, 0.2) is 30.5 Å². The molecule has 0 spiro atoms. The summed E-state index contributed by atoms with van der Waals surface area (Å²) in [6.45, 7) is 2.03. The molecule has 0 bridgehead atoms. The second kappa shape index (κ2) is 4.13. The predicted molar refractivity (Wildman–Crippen MR) is 62.5 cm³/mol. The fourth-order valence-corrected chi connectivity index (χ4v) is 2.11. The summed E-state index contributed by atoms with van der Waals surface area (Å²) in [5.41, 5.74) is 2.21. The van der Waals surface area contributed by atoms with E-state index in [1.165, 1.54) is 23.1 Å². The summed E-state index contributed by atoms with van der Waals surface area (Å²) in [6, 6.07) is 7.99. The van der Waals surface area contributed by atoms with Gasteiger partial charge in [0.1, 0.15) is 9.88 Å². The van der Waals surface area contributed by atoms with E-state index in [-0.39, 0.29) is 0 Å². The molecule has 0 aliphatic carbocycles. The van der Waals surface area contributed by atoms with E-state index in [9.17, 15) is 4.79 Å². The molecule has 0 saturated heterocycles. The van der Waals surface area contributed by atoms with Crippen LogP contribution >= 0.6 is 22.9 Å². The summed E-state index contributed by atoms with van der Waals surface area (Å²) in [4.78, 5) is 15.5. The molecule has 0 aliphatic rings. The molecule has 2 aromatic rings. The molecule has 0 unspecified atom stereocenters. The predicted octanol–water partition coefficient (Wildman–Crippen LogP) is 3.50. The van der Waals surface area contributed by atoms with Crippen LogP contribution < -0.4 is 0 Å². The maximum atomic E-state index is 10.9. The fraction of sp³-hybridized carbons (Fsp3) is 0.0909. The summed E-state index contributed by atoms with van der Waals surface area (Å²) < 4.78 is 0. The minimum absolute atomic E-state index is 0.453. The van der Waals surface area contributed by atoms with E-state index in [4.69, 9.17) is 11.6 Å². The Balaban J connectivity index is 2.37. The van der Waals surface area contributed by atoms with Crippen molar-refractivity contribution in [1.82, 2.24) is 4.98 Å². The molecule has 0 amide bonds. The quantitative estimate of drug-likeness (QED) is 0.749. The van der Waals surface area contributed by atoms with E-state index in [1.54, 1.807) is 0 Å². The monoisotopic (exact) mass is 237 g/mol. The van der Waals surface area contributed by atoms with Gasteiger partial charge in [0, 0.05) is 5.56 Å². The smallest absolute Gasteiger partial charge is 0.264 e. The Morgan fingerprint density at radius 3 is 2.53 bits per heavy atom. The van der Waals surface area contributed by atoms with Crippen molar-refractivity contribution < 1.29 is 4.79 Å². The van der Waals surface area contributed by atoms with Gasteiger partial charge < -0.3 is 0 Å². The number of carbonyl (C=O) groups is 1. The van der Waals surface area contributed by atoms with Gasteiger partial charge in [-0.3, -0.25) is 4.79 Å². The maximum Gasteiger partial charge on any atom is 0.264 e. The average Bonchev–Trinajstić information content (AvgIpc) is 2.68. The number of hydrogen-bond donors (Lipinski definition) is 0. The molecule has 0 N–H and O–H groups in total. The number of aryl methyl sites for hydroxylation is 1. The lowest BCUT2D eigenvalue weighted by molar-refractivity contribution is 0.108. The van der Waals surface area contributed by atoms with Gasteiger partial charge in [0.25, 0.3) is 5.24 Å². The molecule has 2 rings (SSSR count). The summed E-state index contributed by atoms with van der Waals surface area (Å²) in [5, 5.41) is 0.366. The number of aromatic nitrogens is 1. The van der Waals surface area contributed by atoms with Crippen molar-refractivity contribution in [2.24, 2.45) is 0 Å². The topological polar surface area (TPSA) is 30.0 Å². The third-order valence-electron chi connectivity index (χ3n) is 2.00. The van der Waals surface area contributed by atoms with E-state index >= 15 is 0 Å². The van der Waals surface area contributed by atoms with Gasteiger partial charge >= 0.3 is 0 Å². The standard InChI is InChI=1S/C11H8ClNOS/c1-7-2-4-8(5-3-7)11-13-6-9(15-11)10(12)14/h2-6H,1H3. The summed E-state index contributed by atoms with van der Waals surface area (Å²) in [6.07, 6.45) is 1.51. The summed E-state index contributed by atoms with van der Waals surface area (Å²) in [5.74, 6) is 0. The number of rotatable bonds is 2. The van der Waals surface area contributed by atoms with Crippen LogP contribution in [0.4, 0.5) is 0 Å². The lowest BCUT2D eigenvalue weighted by atomic mass is 10.2. The average molecular weight is 238 g/mol. The highest BCUT2D eigenvalue weighted by molar-refractivity contribution is 7.18. The van der Waals surface area contributed by atoms with Crippen molar-refractivity contribution in [2.45, 2.75) is 6.92 Å². The van der Waals surface area contributed by atoms with Crippen LogP contribution in [0.25, 0.3) is 10.6 Å². The molecule has 76 valence electrons. The first-order chi connectivity index (χ1) is 7.16. The van der Waals surface area contributed by atoms with Crippen LogP contribution in [-0.4, -0.2) is 10.2 Å². The highest BCUT2D eigenvalue weighted by atomic mass is 35.5. The van der Waals surface area contributed by atoms with Crippen LogP contribution in [0.3, 0.4) is 0 Å². The largest absolute Gasteiger partial charge is 0.275 e. The Labute approximate surface area is 96.5 Å². The highest BCUT2D eigenvalue weighted by Gasteiger charge is 2.08. The minimum Gasteiger partial charge on any atom is -0.275 e. The molecule has 0 saturated carbocycles. The van der Waals surface area contributed by atoms with E-state index in [2.05, 4.69) is 4.98 Å². The second-order valence-corrected chi connectivity index (χ2v) is 4.54. The Kier molecular flexibility index (Phi) is 2.84. The number of benzene rings is 1. The second-order valence-electron chi connectivity index (χ2n) is 3.17. The Hall–Kier alpha value is -1.19. The van der Waals surface area contributed by atoms with Crippen molar-refractivity contribution in [3.05, 3.63) is 40.9 Å². The lowest BCUT2D eigenvalue weighted by Gasteiger charge is -1.95. The molecule has 1 aromatic heterocycles. The molecule has 0 atom stereocenters. The zero-order chi connectivity index (χ0) is 10.8. The van der Waals surface area contributed by atoms with Gasteiger partial charge in [-0.25, -0.2) is 4.98 Å². The normalized spacial score (nSPS) is 10.3. The molecule has 4 heteroatoms. The third kappa shape index (κ3) is 2.25. The van der Waals surface area contributed by atoms with E-state index in [0.717, 1.165) is 10.6 Å². The van der Waals surface area contributed by atoms with Crippen molar-refractivity contribution in [2.75, 3.05) is 0 Å². The lowest BCUT2D eigenvalue weighted by Crippen LogP contribution is -1.78. The molecule has 15 heavy (non-hydrogen) atoms. The SMILES string of the molecule is Cc1ccc(-c2ncc(C(=O)Cl)s2)cc1. The van der Waals surface area contributed by atoms with Crippen molar-refractivity contribution in [3.63, 3.8) is 0 Å². The van der Waals surface area contributed by atoms with Gasteiger partial charge in [-0.2, -0.15) is 0 Å². The molecular formula is C11H8ClNOS. The first-order valence-electron chi connectivity index (χ1n) is 4.39. The summed E-state index contributed by atoms with van der Waals surface area (Å²) in [7, 11) is 0. The fourth-order valence-electron chi connectivity index (χ4n) is 1.19. The number of nitrogens with zero attached hydrogens (tertiary/aromatic N) is 1. The molecule has 1 heterocycles. The van der Waals surface area contributed by atoms with Gasteiger partial charge in [0.15, 0.2) is 0 Å². The van der Waals surface area contributed by atoms with Gasteiger partial charge in [0.05, 0.1) is 6.20 Å². The Morgan fingerprint density at radius 2 is 2.00 bits per heavy atom. The minimum atomic E-state index is -0.453.